The third kappa shape index (κ3) is 4.53. The zero-order valence-corrected chi connectivity index (χ0v) is 13.9. The third-order valence-corrected chi connectivity index (χ3v) is 5.51. The first-order valence-corrected chi connectivity index (χ1v) is 8.95. The topological polar surface area (TPSA) is 69.7 Å². The molecule has 1 aromatic carbocycles. The van der Waals surface area contributed by atoms with Gasteiger partial charge in [-0.1, -0.05) is 24.3 Å². The Labute approximate surface area is 132 Å². The minimum absolute atomic E-state index is 0.0851. The number of rotatable bonds is 6. The quantitative estimate of drug-likeness (QED) is 0.822. The zero-order chi connectivity index (χ0) is 16.2. The molecule has 2 rings (SSSR count). The van der Waals surface area contributed by atoms with Gasteiger partial charge in [-0.05, 0) is 31.6 Å². The summed E-state index contributed by atoms with van der Waals surface area (Å²) in [5, 5.41) is 2.81. The molecule has 1 N–H and O–H groups in total. The molecule has 1 amide bonds. The van der Waals surface area contributed by atoms with Gasteiger partial charge in [0.15, 0.2) is 0 Å². The number of nitrogens with one attached hydrogen (secondary N) is 1. The van der Waals surface area contributed by atoms with Crippen LogP contribution in [0.4, 0.5) is 0 Å². The van der Waals surface area contributed by atoms with E-state index in [0.717, 1.165) is 17.7 Å². The lowest BCUT2D eigenvalue weighted by atomic mass is 10.1. The molecule has 1 fully saturated rings. The third-order valence-electron chi connectivity index (χ3n) is 3.60. The van der Waals surface area contributed by atoms with E-state index in [9.17, 15) is 13.2 Å². The molecule has 0 aliphatic carbocycles. The van der Waals surface area contributed by atoms with E-state index < -0.39 is 10.0 Å². The van der Waals surface area contributed by atoms with Crippen LogP contribution >= 0.6 is 0 Å². The summed E-state index contributed by atoms with van der Waals surface area (Å²) in [5.74, 6) is -0.114. The van der Waals surface area contributed by atoms with Gasteiger partial charge >= 0.3 is 0 Å². The van der Waals surface area contributed by atoms with Crippen molar-refractivity contribution in [2.75, 3.05) is 32.9 Å². The predicted molar refractivity (Wildman–Crippen MR) is 85.7 cm³/mol. The maximum Gasteiger partial charge on any atom is 0.235 e. The Morgan fingerprint density at radius 3 is 2.55 bits per heavy atom. The molecule has 0 spiro atoms. The Hall–Kier alpha value is -1.44. The highest BCUT2D eigenvalue weighted by Crippen LogP contribution is 2.13. The fraction of sp³-hybridized carbons (Fsp3) is 0.533. The number of carbonyl (C=O) groups is 1. The van der Waals surface area contributed by atoms with E-state index in [4.69, 9.17) is 0 Å². The van der Waals surface area contributed by atoms with Crippen LogP contribution in [0.2, 0.25) is 0 Å². The summed E-state index contributed by atoms with van der Waals surface area (Å²) in [6.45, 7) is 1.56. The van der Waals surface area contributed by atoms with Crippen molar-refractivity contribution in [2.45, 2.75) is 19.5 Å². The Kier molecular flexibility index (Phi) is 5.55. The lowest BCUT2D eigenvalue weighted by molar-refractivity contribution is -0.121. The number of hydrogen-bond acceptors (Lipinski definition) is 4. The van der Waals surface area contributed by atoms with Crippen LogP contribution in [-0.2, 0) is 27.9 Å². The standard InChI is InChI=1S/C15H23N3O3S/c1-17(2)11-14-7-4-3-6-13(14)10-16-15(19)12-18-8-5-9-22(18,20)21/h3-4,6-7H,5,8-12H2,1-2H3,(H,16,19). The van der Waals surface area contributed by atoms with E-state index in [1.165, 1.54) is 4.31 Å². The molecule has 0 unspecified atom stereocenters. The second-order valence-corrected chi connectivity index (χ2v) is 7.87. The molecule has 6 nitrogen and oxygen atoms in total. The summed E-state index contributed by atoms with van der Waals surface area (Å²) in [6, 6.07) is 7.92. The predicted octanol–water partition coefficient (Wildman–Crippen LogP) is 0.400. The smallest absolute Gasteiger partial charge is 0.235 e. The van der Waals surface area contributed by atoms with Gasteiger partial charge in [0, 0.05) is 19.6 Å². The lowest BCUT2D eigenvalue weighted by Crippen LogP contribution is -2.38. The van der Waals surface area contributed by atoms with Crippen LogP contribution in [0, 0.1) is 0 Å². The van der Waals surface area contributed by atoms with Crippen LogP contribution in [0.5, 0.6) is 0 Å². The summed E-state index contributed by atoms with van der Waals surface area (Å²) >= 11 is 0. The van der Waals surface area contributed by atoms with E-state index in [-0.39, 0.29) is 18.2 Å². The molecule has 0 aromatic heterocycles. The van der Waals surface area contributed by atoms with Crippen molar-refractivity contribution >= 4 is 15.9 Å². The van der Waals surface area contributed by atoms with Crippen LogP contribution < -0.4 is 5.32 Å². The van der Waals surface area contributed by atoms with E-state index in [0.29, 0.717) is 19.5 Å². The largest absolute Gasteiger partial charge is 0.351 e. The van der Waals surface area contributed by atoms with E-state index in [1.807, 2.05) is 38.4 Å². The first-order chi connectivity index (χ1) is 10.4. The number of amides is 1. The highest BCUT2D eigenvalue weighted by Gasteiger charge is 2.29. The van der Waals surface area contributed by atoms with Crippen molar-refractivity contribution in [3.63, 3.8) is 0 Å². The molecular weight excluding hydrogens is 302 g/mol. The Morgan fingerprint density at radius 1 is 1.27 bits per heavy atom. The summed E-state index contributed by atoms with van der Waals surface area (Å²) in [7, 11) is 0.764. The van der Waals surface area contributed by atoms with Gasteiger partial charge in [-0.3, -0.25) is 4.79 Å². The second-order valence-electron chi connectivity index (χ2n) is 5.79. The molecule has 0 atom stereocenters. The van der Waals surface area contributed by atoms with Crippen LogP contribution in [0.15, 0.2) is 24.3 Å². The molecule has 0 radical (unpaired) electrons. The first kappa shape index (κ1) is 16.9. The zero-order valence-electron chi connectivity index (χ0n) is 13.1. The maximum atomic E-state index is 12.0. The molecule has 1 saturated heterocycles. The van der Waals surface area contributed by atoms with E-state index in [2.05, 4.69) is 10.2 Å². The fourth-order valence-corrected chi connectivity index (χ4v) is 3.98. The van der Waals surface area contributed by atoms with Crippen molar-refractivity contribution in [3.8, 4) is 0 Å². The fourth-order valence-electron chi connectivity index (χ4n) is 2.50. The minimum atomic E-state index is -3.22. The highest BCUT2D eigenvalue weighted by atomic mass is 32.2. The summed E-state index contributed by atoms with van der Waals surface area (Å²) < 4.78 is 24.6. The van der Waals surface area contributed by atoms with Crippen LogP contribution in [0.25, 0.3) is 0 Å². The number of nitrogens with zero attached hydrogens (tertiary/aromatic N) is 2. The Balaban J connectivity index is 1.91. The van der Waals surface area contributed by atoms with Gasteiger partial charge in [0.1, 0.15) is 0 Å². The number of benzene rings is 1. The van der Waals surface area contributed by atoms with Crippen molar-refractivity contribution in [1.82, 2.24) is 14.5 Å². The average Bonchev–Trinajstić information content (AvgIpc) is 2.76. The first-order valence-electron chi connectivity index (χ1n) is 7.34. The van der Waals surface area contributed by atoms with Gasteiger partial charge < -0.3 is 10.2 Å². The van der Waals surface area contributed by atoms with Gasteiger partial charge in [-0.2, -0.15) is 4.31 Å². The molecule has 1 aliphatic heterocycles. The molecule has 0 saturated carbocycles. The van der Waals surface area contributed by atoms with Crippen LogP contribution in [-0.4, -0.2) is 56.5 Å². The van der Waals surface area contributed by atoms with Gasteiger partial charge in [0.2, 0.25) is 15.9 Å². The van der Waals surface area contributed by atoms with Crippen molar-refractivity contribution < 1.29 is 13.2 Å². The van der Waals surface area contributed by atoms with Gasteiger partial charge in [-0.15, -0.1) is 0 Å². The lowest BCUT2D eigenvalue weighted by Gasteiger charge is -2.16. The molecule has 22 heavy (non-hydrogen) atoms. The maximum absolute atomic E-state index is 12.0. The SMILES string of the molecule is CN(C)Cc1ccccc1CNC(=O)CN1CCCS1(=O)=O. The summed E-state index contributed by atoms with van der Waals surface area (Å²) in [5.41, 5.74) is 2.20. The average molecular weight is 325 g/mol. The van der Waals surface area contributed by atoms with Gasteiger partial charge in [0.25, 0.3) is 0 Å². The van der Waals surface area contributed by atoms with Gasteiger partial charge in [0.05, 0.1) is 12.3 Å². The number of carbonyl (C=O) groups excluding carboxylic acids is 1. The van der Waals surface area contributed by atoms with Crippen molar-refractivity contribution in [3.05, 3.63) is 35.4 Å². The number of hydrogen-bond donors (Lipinski definition) is 1. The molecule has 1 heterocycles. The monoisotopic (exact) mass is 325 g/mol. The highest BCUT2D eigenvalue weighted by molar-refractivity contribution is 7.89. The van der Waals surface area contributed by atoms with Crippen molar-refractivity contribution in [1.29, 1.82) is 0 Å². The molecule has 122 valence electrons. The summed E-state index contributed by atoms with van der Waals surface area (Å²) in [4.78, 5) is 14.0. The van der Waals surface area contributed by atoms with Crippen LogP contribution in [0.1, 0.15) is 17.5 Å². The molecule has 1 aliphatic rings. The summed E-state index contributed by atoms with van der Waals surface area (Å²) in [6.07, 6.45) is 0.598. The molecular formula is C15H23N3O3S. The van der Waals surface area contributed by atoms with Gasteiger partial charge in [-0.25, -0.2) is 8.42 Å². The minimum Gasteiger partial charge on any atom is -0.351 e. The Bertz CT molecular complexity index is 629. The number of sulfonamides is 1. The normalized spacial score (nSPS) is 17.8. The molecule has 0 bridgehead atoms. The van der Waals surface area contributed by atoms with E-state index >= 15 is 0 Å². The second kappa shape index (κ2) is 7.21. The van der Waals surface area contributed by atoms with Crippen molar-refractivity contribution in [2.24, 2.45) is 0 Å². The molecule has 1 aromatic rings. The Morgan fingerprint density at radius 2 is 1.95 bits per heavy atom. The molecule has 7 heteroatoms. The van der Waals surface area contributed by atoms with E-state index in [1.54, 1.807) is 0 Å². The van der Waals surface area contributed by atoms with Crippen LogP contribution in [0.3, 0.4) is 0 Å².